The van der Waals surface area contributed by atoms with E-state index in [-0.39, 0.29) is 5.91 Å². The van der Waals surface area contributed by atoms with E-state index in [2.05, 4.69) is 17.9 Å². The minimum atomic E-state index is -0.0241. The summed E-state index contributed by atoms with van der Waals surface area (Å²) < 4.78 is 0. The molecule has 0 saturated heterocycles. The van der Waals surface area contributed by atoms with Crippen LogP contribution in [0, 0.1) is 6.54 Å². The summed E-state index contributed by atoms with van der Waals surface area (Å²) in [5.41, 5.74) is 0. The summed E-state index contributed by atoms with van der Waals surface area (Å²) in [4.78, 5) is 10.3. The first-order chi connectivity index (χ1) is 4.13. The molecule has 0 fully saturated rings. The van der Waals surface area contributed by atoms with Crippen molar-refractivity contribution in [2.75, 3.05) is 0 Å². The first-order valence-electron chi connectivity index (χ1n) is 2.89. The Bertz CT molecular complexity index is 93.1. The molecule has 0 aliphatic carbocycles. The fraction of sp³-hybridized carbons (Fsp3) is 0.667. The first kappa shape index (κ1) is 8.82. The third-order valence-corrected chi connectivity index (χ3v) is 0.975. The van der Waals surface area contributed by atoms with E-state index in [1.165, 1.54) is 6.92 Å². The molecule has 0 bridgehead atoms. The highest BCUT2D eigenvalue weighted by Gasteiger charge is 1.94. The molecule has 0 aromatic rings. The quantitative estimate of drug-likeness (QED) is 0.571. The van der Waals surface area contributed by atoms with Crippen LogP contribution in [0.3, 0.4) is 0 Å². The first-order valence-corrected chi connectivity index (χ1v) is 3.41. The Morgan fingerprint density at radius 3 is 2.78 bits per heavy atom. The molecule has 0 heterocycles. The lowest BCUT2D eigenvalue weighted by atomic mass is 10.3. The Kier molecular flexibility index (Phi) is 4.58. The molecule has 1 amide bonds. The van der Waals surface area contributed by atoms with Crippen LogP contribution in [-0.2, 0) is 4.79 Å². The maximum absolute atomic E-state index is 10.3. The van der Waals surface area contributed by atoms with Gasteiger partial charge in [-0.1, -0.05) is 6.92 Å². The van der Waals surface area contributed by atoms with Crippen molar-refractivity contribution < 1.29 is 4.79 Å². The van der Waals surface area contributed by atoms with E-state index in [1.54, 1.807) is 6.54 Å². The van der Waals surface area contributed by atoms with Gasteiger partial charge in [0.25, 0.3) is 0 Å². The van der Waals surface area contributed by atoms with Crippen LogP contribution >= 0.6 is 12.6 Å². The molecule has 0 aromatic heterocycles. The fourth-order valence-corrected chi connectivity index (χ4v) is 0.479. The van der Waals surface area contributed by atoms with Crippen molar-refractivity contribution >= 4 is 18.5 Å². The molecular weight excluding hydrogens is 134 g/mol. The maximum Gasteiger partial charge on any atom is 0.217 e. The minimum Gasteiger partial charge on any atom is -0.352 e. The zero-order valence-corrected chi connectivity index (χ0v) is 6.61. The molecule has 0 aromatic carbocycles. The number of carbonyl (C=O) groups is 1. The van der Waals surface area contributed by atoms with Crippen molar-refractivity contribution in [1.29, 1.82) is 0 Å². The van der Waals surface area contributed by atoms with Gasteiger partial charge in [-0.15, -0.1) is 0 Å². The van der Waals surface area contributed by atoms with Crippen LogP contribution in [0.15, 0.2) is 0 Å². The van der Waals surface area contributed by atoms with Crippen molar-refractivity contribution in [1.82, 2.24) is 5.32 Å². The zero-order chi connectivity index (χ0) is 7.28. The van der Waals surface area contributed by atoms with Crippen LogP contribution in [0.25, 0.3) is 0 Å². The van der Waals surface area contributed by atoms with E-state index in [4.69, 9.17) is 0 Å². The second kappa shape index (κ2) is 4.68. The van der Waals surface area contributed by atoms with Gasteiger partial charge in [-0.2, -0.15) is 12.6 Å². The summed E-state index contributed by atoms with van der Waals surface area (Å²) in [5.74, 6) is -0.0241. The van der Waals surface area contributed by atoms with E-state index in [1.807, 2.05) is 6.92 Å². The van der Waals surface area contributed by atoms with Crippen molar-refractivity contribution in [2.24, 2.45) is 0 Å². The molecule has 0 spiro atoms. The molecule has 0 aliphatic heterocycles. The predicted octanol–water partition coefficient (Wildman–Crippen LogP) is 0.993. The molecule has 1 radical (unpaired) electrons. The summed E-state index contributed by atoms with van der Waals surface area (Å²) in [6.07, 6.45) is 0.808. The SMILES string of the molecule is CC(=O)N[CH]CC(C)S. The summed E-state index contributed by atoms with van der Waals surface area (Å²) in [6.45, 7) is 5.18. The Labute approximate surface area is 61.4 Å². The summed E-state index contributed by atoms with van der Waals surface area (Å²) in [7, 11) is 0. The van der Waals surface area contributed by atoms with Gasteiger partial charge in [0.15, 0.2) is 0 Å². The van der Waals surface area contributed by atoms with Crippen molar-refractivity contribution in [2.45, 2.75) is 25.5 Å². The van der Waals surface area contributed by atoms with Gasteiger partial charge in [-0.05, 0) is 6.42 Å². The van der Waals surface area contributed by atoms with Crippen molar-refractivity contribution in [3.8, 4) is 0 Å². The normalized spacial score (nSPS) is 12.8. The van der Waals surface area contributed by atoms with E-state index < -0.39 is 0 Å². The standard InChI is InChI=1S/C6H12NOS/c1-5(9)3-4-7-6(2)8/h4-5,9H,3H2,1-2H3,(H,7,8). The summed E-state index contributed by atoms with van der Waals surface area (Å²) in [6, 6.07) is 0. The third-order valence-electron chi connectivity index (χ3n) is 0.764. The van der Waals surface area contributed by atoms with Crippen LogP contribution in [0.5, 0.6) is 0 Å². The molecule has 1 atom stereocenters. The van der Waals surface area contributed by atoms with Gasteiger partial charge in [-0.3, -0.25) is 4.79 Å². The number of rotatable bonds is 3. The van der Waals surface area contributed by atoms with E-state index in [9.17, 15) is 4.79 Å². The Hall–Kier alpha value is -0.180. The van der Waals surface area contributed by atoms with Gasteiger partial charge < -0.3 is 5.32 Å². The van der Waals surface area contributed by atoms with Gasteiger partial charge in [0.05, 0.1) is 6.54 Å². The lowest BCUT2D eigenvalue weighted by Crippen LogP contribution is -2.17. The average Bonchev–Trinajstić information content (AvgIpc) is 1.63. The lowest BCUT2D eigenvalue weighted by Gasteiger charge is -2.01. The van der Waals surface area contributed by atoms with Gasteiger partial charge in [0, 0.05) is 12.2 Å². The summed E-state index contributed by atoms with van der Waals surface area (Å²) >= 11 is 4.12. The van der Waals surface area contributed by atoms with Crippen molar-refractivity contribution in [3.05, 3.63) is 6.54 Å². The number of amides is 1. The van der Waals surface area contributed by atoms with Gasteiger partial charge in [-0.25, -0.2) is 0 Å². The number of thiol groups is 1. The molecule has 2 nitrogen and oxygen atoms in total. The second-order valence-electron chi connectivity index (χ2n) is 1.99. The largest absolute Gasteiger partial charge is 0.352 e. The van der Waals surface area contributed by atoms with E-state index >= 15 is 0 Å². The van der Waals surface area contributed by atoms with E-state index in [0.717, 1.165) is 6.42 Å². The highest BCUT2D eigenvalue weighted by atomic mass is 32.1. The van der Waals surface area contributed by atoms with Gasteiger partial charge in [0.1, 0.15) is 0 Å². The zero-order valence-electron chi connectivity index (χ0n) is 5.72. The molecule has 3 heteroatoms. The molecule has 0 aliphatic rings. The molecule has 1 N–H and O–H groups in total. The highest BCUT2D eigenvalue weighted by Crippen LogP contribution is 1.98. The monoisotopic (exact) mass is 146 g/mol. The molecule has 0 saturated carbocycles. The minimum absolute atomic E-state index is 0.0241. The predicted molar refractivity (Wildman–Crippen MR) is 41.2 cm³/mol. The van der Waals surface area contributed by atoms with Crippen LogP contribution < -0.4 is 5.32 Å². The second-order valence-corrected chi connectivity index (χ2v) is 2.87. The highest BCUT2D eigenvalue weighted by molar-refractivity contribution is 7.80. The number of nitrogens with one attached hydrogen (secondary N) is 1. The molecular formula is C6H12NOS. The number of hydrogen-bond donors (Lipinski definition) is 2. The average molecular weight is 146 g/mol. The van der Waals surface area contributed by atoms with Crippen LogP contribution in [0.2, 0.25) is 0 Å². The van der Waals surface area contributed by atoms with Crippen LogP contribution in [0.4, 0.5) is 0 Å². The lowest BCUT2D eigenvalue weighted by molar-refractivity contribution is -0.118. The molecule has 0 rings (SSSR count). The summed E-state index contributed by atoms with van der Waals surface area (Å²) in [5, 5.41) is 2.88. The third kappa shape index (κ3) is 7.82. The topological polar surface area (TPSA) is 29.1 Å². The molecule has 1 unspecified atom stereocenters. The van der Waals surface area contributed by atoms with E-state index in [0.29, 0.717) is 5.25 Å². The van der Waals surface area contributed by atoms with Crippen LogP contribution in [-0.4, -0.2) is 11.2 Å². The van der Waals surface area contributed by atoms with Crippen LogP contribution in [0.1, 0.15) is 20.3 Å². The van der Waals surface area contributed by atoms with Gasteiger partial charge >= 0.3 is 0 Å². The van der Waals surface area contributed by atoms with Crippen molar-refractivity contribution in [3.63, 3.8) is 0 Å². The number of hydrogen-bond acceptors (Lipinski definition) is 2. The smallest absolute Gasteiger partial charge is 0.217 e. The Morgan fingerprint density at radius 1 is 1.89 bits per heavy atom. The molecule has 9 heavy (non-hydrogen) atoms. The molecule has 53 valence electrons. The maximum atomic E-state index is 10.3. The Balaban J connectivity index is 3.01. The number of carbonyl (C=O) groups excluding carboxylic acids is 1. The Morgan fingerprint density at radius 2 is 2.44 bits per heavy atom. The fourth-order valence-electron chi connectivity index (χ4n) is 0.373. The van der Waals surface area contributed by atoms with Gasteiger partial charge in [0.2, 0.25) is 5.91 Å².